The number of anilines is 4. The molecular formula is C19H16N4O2S. The number of nitrogen functional groups attached to an aromatic ring is 1. The van der Waals surface area contributed by atoms with E-state index in [9.17, 15) is 10.1 Å². The van der Waals surface area contributed by atoms with E-state index in [1.807, 2.05) is 30.3 Å². The molecule has 4 N–H and O–H groups in total. The van der Waals surface area contributed by atoms with Gasteiger partial charge in [0.1, 0.15) is 27.3 Å². The lowest BCUT2D eigenvalue weighted by Gasteiger charge is -2.06. The molecule has 1 amide bonds. The maximum absolute atomic E-state index is 12.6. The molecule has 2 aromatic carbocycles. The number of thiophene rings is 1. The Labute approximate surface area is 154 Å². The van der Waals surface area contributed by atoms with Crippen molar-refractivity contribution < 1.29 is 9.53 Å². The predicted octanol–water partition coefficient (Wildman–Crippen LogP) is 4.21. The van der Waals surface area contributed by atoms with Gasteiger partial charge in [0, 0.05) is 17.4 Å². The SMILES string of the molecule is COc1cccc(NC(=O)c2sc(Nc3ccccc3)c(C#N)c2N)c1. The fraction of sp³-hybridized carbons (Fsp3) is 0.0526. The molecule has 0 saturated heterocycles. The van der Waals surface area contributed by atoms with Crippen LogP contribution in [0.15, 0.2) is 54.6 Å². The summed E-state index contributed by atoms with van der Waals surface area (Å²) in [6.45, 7) is 0. The van der Waals surface area contributed by atoms with Crippen LogP contribution in [0.1, 0.15) is 15.2 Å². The zero-order chi connectivity index (χ0) is 18.5. The number of methoxy groups -OCH3 is 1. The maximum atomic E-state index is 12.6. The van der Waals surface area contributed by atoms with E-state index in [1.54, 1.807) is 31.4 Å². The number of benzene rings is 2. The van der Waals surface area contributed by atoms with Gasteiger partial charge in [-0.05, 0) is 24.3 Å². The molecule has 7 heteroatoms. The van der Waals surface area contributed by atoms with Gasteiger partial charge in [-0.15, -0.1) is 11.3 Å². The normalized spacial score (nSPS) is 10.0. The third kappa shape index (κ3) is 3.61. The number of hydrogen-bond donors (Lipinski definition) is 3. The minimum Gasteiger partial charge on any atom is -0.497 e. The van der Waals surface area contributed by atoms with Crippen molar-refractivity contribution in [3.8, 4) is 11.8 Å². The van der Waals surface area contributed by atoms with Crippen LogP contribution in [0.2, 0.25) is 0 Å². The Bertz CT molecular complexity index is 977. The van der Waals surface area contributed by atoms with Gasteiger partial charge in [0.2, 0.25) is 0 Å². The van der Waals surface area contributed by atoms with Gasteiger partial charge in [-0.25, -0.2) is 0 Å². The Morgan fingerprint density at radius 3 is 2.58 bits per heavy atom. The largest absolute Gasteiger partial charge is 0.497 e. The zero-order valence-electron chi connectivity index (χ0n) is 13.9. The average molecular weight is 364 g/mol. The summed E-state index contributed by atoms with van der Waals surface area (Å²) >= 11 is 1.14. The number of nitriles is 1. The Balaban J connectivity index is 1.87. The highest BCUT2D eigenvalue weighted by atomic mass is 32.1. The van der Waals surface area contributed by atoms with Crippen LogP contribution >= 0.6 is 11.3 Å². The van der Waals surface area contributed by atoms with E-state index < -0.39 is 0 Å². The van der Waals surface area contributed by atoms with Crippen molar-refractivity contribution in [2.24, 2.45) is 0 Å². The van der Waals surface area contributed by atoms with Crippen molar-refractivity contribution in [3.63, 3.8) is 0 Å². The van der Waals surface area contributed by atoms with E-state index in [4.69, 9.17) is 10.5 Å². The number of nitrogens with one attached hydrogen (secondary N) is 2. The molecule has 26 heavy (non-hydrogen) atoms. The molecule has 1 heterocycles. The van der Waals surface area contributed by atoms with Crippen LogP contribution in [0.3, 0.4) is 0 Å². The van der Waals surface area contributed by atoms with Gasteiger partial charge in [0.15, 0.2) is 0 Å². The van der Waals surface area contributed by atoms with Gasteiger partial charge in [-0.2, -0.15) is 5.26 Å². The summed E-state index contributed by atoms with van der Waals surface area (Å²) in [6, 6.07) is 18.5. The first-order chi connectivity index (χ1) is 12.6. The smallest absolute Gasteiger partial charge is 0.267 e. The van der Waals surface area contributed by atoms with Crippen molar-refractivity contribution in [2.45, 2.75) is 0 Å². The number of carbonyl (C=O) groups is 1. The molecule has 3 rings (SSSR count). The summed E-state index contributed by atoms with van der Waals surface area (Å²) in [6.07, 6.45) is 0. The Morgan fingerprint density at radius 2 is 1.88 bits per heavy atom. The second-order valence-electron chi connectivity index (χ2n) is 5.34. The molecule has 0 fully saturated rings. The molecule has 0 unspecified atom stereocenters. The summed E-state index contributed by atoms with van der Waals surface area (Å²) in [5, 5.41) is 15.9. The lowest BCUT2D eigenvalue weighted by Crippen LogP contribution is -2.12. The van der Waals surface area contributed by atoms with E-state index in [-0.39, 0.29) is 22.0 Å². The summed E-state index contributed by atoms with van der Waals surface area (Å²) in [5.74, 6) is 0.254. The monoisotopic (exact) mass is 364 g/mol. The Hall–Kier alpha value is -3.50. The van der Waals surface area contributed by atoms with Crippen LogP contribution in [0.25, 0.3) is 0 Å². The van der Waals surface area contributed by atoms with Crippen molar-refractivity contribution >= 4 is 39.3 Å². The summed E-state index contributed by atoms with van der Waals surface area (Å²) in [7, 11) is 1.55. The van der Waals surface area contributed by atoms with Gasteiger partial charge >= 0.3 is 0 Å². The minimum absolute atomic E-state index is 0.163. The molecule has 0 radical (unpaired) electrons. The number of ether oxygens (including phenoxy) is 1. The number of rotatable bonds is 5. The molecule has 0 aliphatic rings. The molecule has 130 valence electrons. The summed E-state index contributed by atoms with van der Waals surface area (Å²) in [4.78, 5) is 12.9. The van der Waals surface area contributed by atoms with Crippen LogP contribution in [-0.2, 0) is 0 Å². The molecule has 0 bridgehead atoms. The van der Waals surface area contributed by atoms with Gasteiger partial charge in [-0.1, -0.05) is 24.3 Å². The highest BCUT2D eigenvalue weighted by molar-refractivity contribution is 7.19. The van der Waals surface area contributed by atoms with Crippen molar-refractivity contribution in [1.82, 2.24) is 0 Å². The summed E-state index contributed by atoms with van der Waals surface area (Å²) in [5.41, 5.74) is 7.86. The fourth-order valence-corrected chi connectivity index (χ4v) is 3.34. The maximum Gasteiger partial charge on any atom is 0.267 e. The first-order valence-electron chi connectivity index (χ1n) is 7.72. The molecule has 0 aliphatic heterocycles. The van der Waals surface area contributed by atoms with E-state index in [0.29, 0.717) is 16.4 Å². The molecule has 1 aromatic heterocycles. The third-order valence-electron chi connectivity index (χ3n) is 3.62. The quantitative estimate of drug-likeness (QED) is 0.630. The lowest BCUT2D eigenvalue weighted by atomic mass is 10.2. The number of para-hydroxylation sites is 1. The Kier molecular flexibility index (Phi) is 5.06. The number of hydrogen-bond acceptors (Lipinski definition) is 6. The number of carbonyl (C=O) groups excluding carboxylic acids is 1. The predicted molar refractivity (Wildman–Crippen MR) is 104 cm³/mol. The average Bonchev–Trinajstić information content (AvgIpc) is 2.98. The van der Waals surface area contributed by atoms with Crippen molar-refractivity contribution in [2.75, 3.05) is 23.5 Å². The van der Waals surface area contributed by atoms with Gasteiger partial charge < -0.3 is 21.1 Å². The molecule has 6 nitrogen and oxygen atoms in total. The van der Waals surface area contributed by atoms with Gasteiger partial charge in [0.05, 0.1) is 12.8 Å². The van der Waals surface area contributed by atoms with E-state index in [2.05, 4.69) is 16.7 Å². The minimum atomic E-state index is -0.377. The van der Waals surface area contributed by atoms with Crippen molar-refractivity contribution in [3.05, 3.63) is 65.0 Å². The summed E-state index contributed by atoms with van der Waals surface area (Å²) < 4.78 is 5.15. The zero-order valence-corrected chi connectivity index (χ0v) is 14.8. The van der Waals surface area contributed by atoms with Crippen LogP contribution in [0, 0.1) is 11.3 Å². The molecule has 0 spiro atoms. The molecule has 0 saturated carbocycles. The van der Waals surface area contributed by atoms with Crippen LogP contribution in [-0.4, -0.2) is 13.0 Å². The standard InChI is InChI=1S/C19H16N4O2S/c1-25-14-9-5-8-13(10-14)22-18(24)17-16(21)15(11-20)19(26-17)23-12-6-3-2-4-7-12/h2-10,23H,21H2,1H3,(H,22,24). The van der Waals surface area contributed by atoms with Gasteiger partial charge in [0.25, 0.3) is 5.91 Å². The topological polar surface area (TPSA) is 100 Å². The molecular weight excluding hydrogens is 348 g/mol. The Morgan fingerprint density at radius 1 is 1.15 bits per heavy atom. The highest BCUT2D eigenvalue weighted by Crippen LogP contribution is 2.37. The first-order valence-corrected chi connectivity index (χ1v) is 8.54. The fourth-order valence-electron chi connectivity index (χ4n) is 2.35. The number of nitrogens with two attached hydrogens (primary N) is 1. The van der Waals surface area contributed by atoms with E-state index >= 15 is 0 Å². The van der Waals surface area contributed by atoms with Crippen molar-refractivity contribution in [1.29, 1.82) is 5.26 Å². The lowest BCUT2D eigenvalue weighted by molar-refractivity contribution is 0.103. The molecule has 3 aromatic rings. The van der Waals surface area contributed by atoms with Crippen LogP contribution in [0.5, 0.6) is 5.75 Å². The second kappa shape index (κ2) is 7.59. The molecule has 0 aliphatic carbocycles. The van der Waals surface area contributed by atoms with Crippen LogP contribution in [0.4, 0.5) is 22.1 Å². The first kappa shape index (κ1) is 17.3. The van der Waals surface area contributed by atoms with E-state index in [1.165, 1.54) is 0 Å². The molecule has 0 atom stereocenters. The van der Waals surface area contributed by atoms with E-state index in [0.717, 1.165) is 17.0 Å². The van der Waals surface area contributed by atoms with Gasteiger partial charge in [-0.3, -0.25) is 4.79 Å². The second-order valence-corrected chi connectivity index (χ2v) is 6.36. The number of nitrogens with zero attached hydrogens (tertiary/aromatic N) is 1. The third-order valence-corrected chi connectivity index (χ3v) is 4.74. The highest BCUT2D eigenvalue weighted by Gasteiger charge is 2.21. The number of amides is 1. The van der Waals surface area contributed by atoms with Crippen LogP contribution < -0.4 is 21.1 Å².